The summed E-state index contributed by atoms with van der Waals surface area (Å²) in [6.07, 6.45) is 1.90. The third kappa shape index (κ3) is 2.58. The van der Waals surface area contributed by atoms with Gasteiger partial charge in [-0.25, -0.2) is 0 Å². The molecule has 0 amide bonds. The second kappa shape index (κ2) is 5.83. The molecule has 0 spiro atoms. The maximum absolute atomic E-state index is 10.6. The normalized spacial score (nSPS) is 20.6. The minimum Gasteiger partial charge on any atom is -0.385 e. The molecular formula is C15H22O3. The Hall–Kier alpha value is -0.900. The molecule has 0 aliphatic carbocycles. The summed E-state index contributed by atoms with van der Waals surface area (Å²) in [6.45, 7) is 3.43. The van der Waals surface area contributed by atoms with Crippen LogP contribution in [-0.4, -0.2) is 31.0 Å². The summed E-state index contributed by atoms with van der Waals surface area (Å²) in [7, 11) is 1.68. The van der Waals surface area contributed by atoms with Gasteiger partial charge in [0.25, 0.3) is 0 Å². The van der Waals surface area contributed by atoms with Gasteiger partial charge in [0, 0.05) is 33.2 Å². The molecule has 1 aliphatic rings. The van der Waals surface area contributed by atoms with Gasteiger partial charge in [-0.1, -0.05) is 31.2 Å². The Kier molecular flexibility index (Phi) is 4.38. The highest BCUT2D eigenvalue weighted by molar-refractivity contribution is 5.26. The van der Waals surface area contributed by atoms with Crippen molar-refractivity contribution in [2.75, 3.05) is 20.3 Å². The van der Waals surface area contributed by atoms with E-state index in [4.69, 9.17) is 9.47 Å². The molecule has 1 aliphatic heterocycles. The van der Waals surface area contributed by atoms with Crippen LogP contribution in [-0.2, 0) is 15.9 Å². The molecule has 1 aromatic rings. The number of rotatable bonds is 4. The van der Waals surface area contributed by atoms with Gasteiger partial charge in [0.2, 0.25) is 0 Å². The largest absolute Gasteiger partial charge is 0.385 e. The second-order valence-corrected chi connectivity index (χ2v) is 4.88. The molecule has 3 nitrogen and oxygen atoms in total. The third-order valence-electron chi connectivity index (χ3n) is 3.95. The highest BCUT2D eigenvalue weighted by Crippen LogP contribution is 2.37. The Bertz CT molecular complexity index is 366. The topological polar surface area (TPSA) is 38.7 Å². The Labute approximate surface area is 109 Å². The number of hydrogen-bond donors (Lipinski definition) is 1. The first-order chi connectivity index (χ1) is 8.72. The van der Waals surface area contributed by atoms with Crippen molar-refractivity contribution in [3.05, 3.63) is 35.4 Å². The fourth-order valence-electron chi connectivity index (χ4n) is 2.55. The third-order valence-corrected chi connectivity index (χ3v) is 3.95. The maximum atomic E-state index is 10.6. The number of aliphatic hydroxyl groups excluding tert-OH is 1. The van der Waals surface area contributed by atoms with Gasteiger partial charge in [-0.3, -0.25) is 0 Å². The standard InChI is InChI=1S/C15H22O3/c1-3-12-4-6-13(7-5-12)14(16)15(17-2)8-10-18-11-9-15/h4-7,14,16H,3,8-11H2,1-2H3. The van der Waals surface area contributed by atoms with Gasteiger partial charge in [-0.15, -0.1) is 0 Å². The lowest BCUT2D eigenvalue weighted by atomic mass is 9.84. The summed E-state index contributed by atoms with van der Waals surface area (Å²) < 4.78 is 11.0. The van der Waals surface area contributed by atoms with Crippen LogP contribution >= 0.6 is 0 Å². The zero-order valence-electron chi connectivity index (χ0n) is 11.2. The molecule has 1 N–H and O–H groups in total. The monoisotopic (exact) mass is 250 g/mol. The summed E-state index contributed by atoms with van der Waals surface area (Å²) >= 11 is 0. The van der Waals surface area contributed by atoms with Gasteiger partial charge in [0.1, 0.15) is 11.7 Å². The molecule has 0 radical (unpaired) electrons. The minimum absolute atomic E-state index is 0.494. The zero-order chi connectivity index (χ0) is 13.0. The predicted molar refractivity (Wildman–Crippen MR) is 70.6 cm³/mol. The average Bonchev–Trinajstić information content (AvgIpc) is 2.47. The van der Waals surface area contributed by atoms with E-state index in [0.717, 1.165) is 24.8 Å². The highest BCUT2D eigenvalue weighted by atomic mass is 16.5. The SMILES string of the molecule is CCc1ccc(C(O)C2(OC)CCOCC2)cc1. The van der Waals surface area contributed by atoms with Crippen LogP contribution in [0.1, 0.15) is 37.0 Å². The Morgan fingerprint density at radius 2 is 1.89 bits per heavy atom. The Balaban J connectivity index is 2.19. The van der Waals surface area contributed by atoms with Crippen LogP contribution in [0.3, 0.4) is 0 Å². The molecule has 1 aromatic carbocycles. The average molecular weight is 250 g/mol. The lowest BCUT2D eigenvalue weighted by molar-refractivity contribution is -0.154. The van der Waals surface area contributed by atoms with Gasteiger partial charge in [0.05, 0.1) is 0 Å². The molecule has 0 aromatic heterocycles. The van der Waals surface area contributed by atoms with Crippen LogP contribution in [0.25, 0.3) is 0 Å². The molecule has 0 saturated carbocycles. The number of hydrogen-bond acceptors (Lipinski definition) is 3. The van der Waals surface area contributed by atoms with Crippen LogP contribution in [0.2, 0.25) is 0 Å². The van der Waals surface area contributed by atoms with Crippen LogP contribution in [0.4, 0.5) is 0 Å². The summed E-state index contributed by atoms with van der Waals surface area (Å²) in [5, 5.41) is 10.6. The minimum atomic E-state index is -0.586. The lowest BCUT2D eigenvalue weighted by Gasteiger charge is -2.39. The van der Waals surface area contributed by atoms with E-state index in [-0.39, 0.29) is 0 Å². The van der Waals surface area contributed by atoms with E-state index in [0.29, 0.717) is 13.2 Å². The fourth-order valence-corrected chi connectivity index (χ4v) is 2.55. The smallest absolute Gasteiger partial charge is 0.108 e. The second-order valence-electron chi connectivity index (χ2n) is 4.88. The molecule has 1 heterocycles. The van der Waals surface area contributed by atoms with Crippen molar-refractivity contribution >= 4 is 0 Å². The Morgan fingerprint density at radius 1 is 1.28 bits per heavy atom. The fraction of sp³-hybridized carbons (Fsp3) is 0.600. The highest BCUT2D eigenvalue weighted by Gasteiger charge is 2.40. The van der Waals surface area contributed by atoms with Gasteiger partial charge in [0.15, 0.2) is 0 Å². The van der Waals surface area contributed by atoms with Crippen molar-refractivity contribution in [3.8, 4) is 0 Å². The van der Waals surface area contributed by atoms with Gasteiger partial charge in [-0.05, 0) is 17.5 Å². The van der Waals surface area contributed by atoms with E-state index < -0.39 is 11.7 Å². The van der Waals surface area contributed by atoms with Gasteiger partial charge < -0.3 is 14.6 Å². The van der Waals surface area contributed by atoms with E-state index >= 15 is 0 Å². The molecule has 3 heteroatoms. The number of ether oxygens (including phenoxy) is 2. The molecule has 1 unspecified atom stereocenters. The number of benzene rings is 1. The quantitative estimate of drug-likeness (QED) is 0.892. The molecule has 18 heavy (non-hydrogen) atoms. The van der Waals surface area contributed by atoms with Gasteiger partial charge >= 0.3 is 0 Å². The maximum Gasteiger partial charge on any atom is 0.108 e. The molecule has 1 saturated heterocycles. The molecule has 0 bridgehead atoms. The molecule has 2 rings (SSSR count). The zero-order valence-corrected chi connectivity index (χ0v) is 11.2. The first-order valence-corrected chi connectivity index (χ1v) is 6.61. The summed E-state index contributed by atoms with van der Waals surface area (Å²) in [5.41, 5.74) is 1.71. The van der Waals surface area contributed by atoms with E-state index in [1.165, 1.54) is 5.56 Å². The van der Waals surface area contributed by atoms with E-state index in [2.05, 4.69) is 19.1 Å². The van der Waals surface area contributed by atoms with Crippen molar-refractivity contribution in [3.63, 3.8) is 0 Å². The van der Waals surface area contributed by atoms with Crippen molar-refractivity contribution < 1.29 is 14.6 Å². The van der Waals surface area contributed by atoms with E-state index in [1.54, 1.807) is 7.11 Å². The number of aliphatic hydroxyl groups is 1. The number of aryl methyl sites for hydroxylation is 1. The Morgan fingerprint density at radius 3 is 2.39 bits per heavy atom. The van der Waals surface area contributed by atoms with Gasteiger partial charge in [-0.2, -0.15) is 0 Å². The molecular weight excluding hydrogens is 228 g/mol. The first-order valence-electron chi connectivity index (χ1n) is 6.61. The van der Waals surface area contributed by atoms with Crippen LogP contribution in [0.5, 0.6) is 0 Å². The summed E-state index contributed by atoms with van der Waals surface area (Å²) in [6, 6.07) is 8.14. The number of methoxy groups -OCH3 is 1. The van der Waals surface area contributed by atoms with Crippen LogP contribution < -0.4 is 0 Å². The van der Waals surface area contributed by atoms with Crippen molar-refractivity contribution in [2.24, 2.45) is 0 Å². The predicted octanol–water partition coefficient (Wildman–Crippen LogP) is 2.48. The van der Waals surface area contributed by atoms with E-state index in [1.807, 2.05) is 12.1 Å². The molecule has 100 valence electrons. The first kappa shape index (κ1) is 13.5. The lowest BCUT2D eigenvalue weighted by Crippen LogP contribution is -2.43. The summed E-state index contributed by atoms with van der Waals surface area (Å²) in [5.74, 6) is 0. The van der Waals surface area contributed by atoms with Crippen LogP contribution in [0, 0.1) is 0 Å². The summed E-state index contributed by atoms with van der Waals surface area (Å²) in [4.78, 5) is 0. The van der Waals surface area contributed by atoms with Crippen LogP contribution in [0.15, 0.2) is 24.3 Å². The molecule has 1 fully saturated rings. The molecule has 1 atom stereocenters. The van der Waals surface area contributed by atoms with Crippen molar-refractivity contribution in [1.82, 2.24) is 0 Å². The van der Waals surface area contributed by atoms with E-state index in [9.17, 15) is 5.11 Å². The van der Waals surface area contributed by atoms with Crippen molar-refractivity contribution in [2.45, 2.75) is 37.9 Å². The van der Waals surface area contributed by atoms with Crippen molar-refractivity contribution in [1.29, 1.82) is 0 Å².